The van der Waals surface area contributed by atoms with Crippen LogP contribution in [0.25, 0.3) is 0 Å². The predicted molar refractivity (Wildman–Crippen MR) is 66.2 cm³/mol. The fourth-order valence-electron chi connectivity index (χ4n) is 1.91. The highest BCUT2D eigenvalue weighted by Gasteiger charge is 2.22. The molecule has 0 unspecified atom stereocenters. The molecule has 0 aromatic carbocycles. The maximum Gasteiger partial charge on any atom is 0.206 e. The monoisotopic (exact) mass is 244 g/mol. The molecule has 0 spiro atoms. The van der Waals surface area contributed by atoms with Gasteiger partial charge in [0.2, 0.25) is 5.13 Å². The second kappa shape index (κ2) is 4.59. The van der Waals surface area contributed by atoms with Crippen LogP contribution in [0.2, 0.25) is 0 Å². The highest BCUT2D eigenvalue weighted by atomic mass is 32.1. The van der Waals surface area contributed by atoms with Crippen LogP contribution in [0.5, 0.6) is 0 Å². The van der Waals surface area contributed by atoms with Gasteiger partial charge in [-0.15, -0.1) is 5.10 Å². The normalized spacial score (nSPS) is 19.3. The molecule has 1 N–H and O–H groups in total. The Morgan fingerprint density at radius 2 is 2.20 bits per heavy atom. The van der Waals surface area contributed by atoms with Crippen LogP contribution >= 0.6 is 23.6 Å². The Morgan fingerprint density at radius 1 is 1.53 bits per heavy atom. The number of aromatic amines is 1. The van der Waals surface area contributed by atoms with Crippen molar-refractivity contribution in [1.29, 1.82) is 0 Å². The molecular formula is C9H16N4S2. The lowest BCUT2D eigenvalue weighted by atomic mass is 10.1. The van der Waals surface area contributed by atoms with Crippen LogP contribution in [0.4, 0.5) is 5.13 Å². The second-order valence-electron chi connectivity index (χ2n) is 4.04. The van der Waals surface area contributed by atoms with Crippen LogP contribution in [-0.4, -0.2) is 48.3 Å². The van der Waals surface area contributed by atoms with Gasteiger partial charge in [0.05, 0.1) is 0 Å². The number of nitrogens with zero attached hydrogens (tertiary/aromatic N) is 3. The third kappa shape index (κ3) is 2.56. The third-order valence-electron chi connectivity index (χ3n) is 2.96. The van der Waals surface area contributed by atoms with E-state index in [1.807, 2.05) is 0 Å². The van der Waals surface area contributed by atoms with Gasteiger partial charge in [-0.3, -0.25) is 5.10 Å². The van der Waals surface area contributed by atoms with Gasteiger partial charge in [0.25, 0.3) is 0 Å². The Morgan fingerprint density at radius 3 is 2.73 bits per heavy atom. The summed E-state index contributed by atoms with van der Waals surface area (Å²) < 4.78 is 0.754. The largest absolute Gasteiger partial charge is 0.347 e. The van der Waals surface area contributed by atoms with E-state index in [4.69, 9.17) is 12.2 Å². The van der Waals surface area contributed by atoms with E-state index in [1.54, 1.807) is 11.3 Å². The van der Waals surface area contributed by atoms with Crippen LogP contribution in [-0.2, 0) is 0 Å². The van der Waals surface area contributed by atoms with Crippen molar-refractivity contribution >= 4 is 28.7 Å². The molecule has 1 aliphatic heterocycles. The van der Waals surface area contributed by atoms with Gasteiger partial charge in [-0.05, 0) is 45.2 Å². The van der Waals surface area contributed by atoms with Crippen molar-refractivity contribution in [2.24, 2.45) is 0 Å². The van der Waals surface area contributed by atoms with Crippen LogP contribution in [0, 0.1) is 3.95 Å². The molecule has 0 aliphatic carbocycles. The average molecular weight is 244 g/mol. The summed E-state index contributed by atoms with van der Waals surface area (Å²) in [5.41, 5.74) is 0. The predicted octanol–water partition coefficient (Wildman–Crippen LogP) is 1.73. The van der Waals surface area contributed by atoms with Gasteiger partial charge in [0.15, 0.2) is 3.95 Å². The zero-order chi connectivity index (χ0) is 10.8. The molecule has 4 nitrogen and oxygen atoms in total. The van der Waals surface area contributed by atoms with Crippen molar-refractivity contribution < 1.29 is 0 Å². The van der Waals surface area contributed by atoms with Crippen molar-refractivity contribution in [2.45, 2.75) is 18.9 Å². The molecular weight excluding hydrogens is 228 g/mol. The number of rotatable bonds is 2. The van der Waals surface area contributed by atoms with Gasteiger partial charge in [-0.1, -0.05) is 11.3 Å². The first kappa shape index (κ1) is 11.0. The van der Waals surface area contributed by atoms with Gasteiger partial charge < -0.3 is 9.80 Å². The van der Waals surface area contributed by atoms with Crippen LogP contribution in [0.15, 0.2) is 0 Å². The first-order chi connectivity index (χ1) is 7.16. The molecule has 0 amide bonds. The molecule has 1 aromatic heterocycles. The lowest BCUT2D eigenvalue weighted by Crippen LogP contribution is -2.41. The van der Waals surface area contributed by atoms with Gasteiger partial charge in [0, 0.05) is 13.1 Å². The van der Waals surface area contributed by atoms with Gasteiger partial charge in [-0.2, -0.15) is 0 Å². The molecule has 2 rings (SSSR count). The average Bonchev–Trinajstić information content (AvgIpc) is 2.65. The fraction of sp³-hybridized carbons (Fsp3) is 0.778. The fourth-order valence-corrected chi connectivity index (χ4v) is 2.82. The number of nitrogens with one attached hydrogen (secondary N) is 1. The lowest BCUT2D eigenvalue weighted by Gasteiger charge is -2.34. The topological polar surface area (TPSA) is 35.2 Å². The van der Waals surface area contributed by atoms with E-state index < -0.39 is 0 Å². The zero-order valence-electron chi connectivity index (χ0n) is 9.06. The Bertz CT molecular complexity index is 364. The maximum atomic E-state index is 5.04. The molecule has 0 bridgehead atoms. The van der Waals surface area contributed by atoms with E-state index in [0.717, 1.165) is 9.09 Å². The van der Waals surface area contributed by atoms with Crippen molar-refractivity contribution in [2.75, 3.05) is 32.1 Å². The minimum absolute atomic E-state index is 0.607. The van der Waals surface area contributed by atoms with Crippen LogP contribution in [0.3, 0.4) is 0 Å². The number of hydrogen-bond donors (Lipinski definition) is 1. The quantitative estimate of drug-likeness (QED) is 0.804. The Hall–Kier alpha value is -0.460. The number of hydrogen-bond acceptors (Lipinski definition) is 5. The molecule has 84 valence electrons. The molecule has 0 radical (unpaired) electrons. The van der Waals surface area contributed by atoms with E-state index in [1.165, 1.54) is 25.9 Å². The SMILES string of the molecule is CN1CCC(N(C)c2n[nH]c(=S)s2)CC1. The molecule has 1 fully saturated rings. The van der Waals surface area contributed by atoms with E-state index in [-0.39, 0.29) is 0 Å². The molecule has 0 saturated carbocycles. The Kier molecular flexibility index (Phi) is 3.38. The number of anilines is 1. The van der Waals surface area contributed by atoms with E-state index in [0.29, 0.717) is 6.04 Å². The van der Waals surface area contributed by atoms with Crippen LogP contribution in [0.1, 0.15) is 12.8 Å². The highest BCUT2D eigenvalue weighted by molar-refractivity contribution is 7.73. The summed E-state index contributed by atoms with van der Waals surface area (Å²) in [6, 6.07) is 0.607. The molecule has 2 heterocycles. The first-order valence-corrected chi connectivity index (χ1v) is 6.36. The summed E-state index contributed by atoms with van der Waals surface area (Å²) >= 11 is 6.59. The standard InChI is InChI=1S/C9H16N4S2/c1-12-5-3-7(4-6-12)13(2)8-10-11-9(14)15-8/h7H,3-6H2,1-2H3,(H,11,14). The number of piperidine rings is 1. The highest BCUT2D eigenvalue weighted by Crippen LogP contribution is 2.23. The minimum Gasteiger partial charge on any atom is -0.347 e. The minimum atomic E-state index is 0.607. The number of H-pyrrole nitrogens is 1. The maximum absolute atomic E-state index is 5.04. The van der Waals surface area contributed by atoms with Gasteiger partial charge >= 0.3 is 0 Å². The first-order valence-electron chi connectivity index (χ1n) is 5.13. The summed E-state index contributed by atoms with van der Waals surface area (Å²) in [7, 11) is 4.28. The second-order valence-corrected chi connectivity index (χ2v) is 5.69. The third-order valence-corrected chi connectivity index (χ3v) is 4.14. The van der Waals surface area contributed by atoms with Crippen molar-refractivity contribution in [3.8, 4) is 0 Å². The molecule has 0 atom stereocenters. The molecule has 1 aliphatic rings. The van der Waals surface area contributed by atoms with E-state index in [9.17, 15) is 0 Å². The Balaban J connectivity index is 2.02. The van der Waals surface area contributed by atoms with Crippen LogP contribution < -0.4 is 4.90 Å². The molecule has 15 heavy (non-hydrogen) atoms. The summed E-state index contributed by atoms with van der Waals surface area (Å²) in [5, 5.41) is 8.05. The smallest absolute Gasteiger partial charge is 0.206 e. The summed E-state index contributed by atoms with van der Waals surface area (Å²) in [6.45, 7) is 2.34. The summed E-state index contributed by atoms with van der Waals surface area (Å²) in [4.78, 5) is 4.63. The van der Waals surface area contributed by atoms with Gasteiger partial charge in [-0.25, -0.2) is 0 Å². The van der Waals surface area contributed by atoms with Gasteiger partial charge in [0.1, 0.15) is 0 Å². The number of likely N-dealkylation sites (tertiary alicyclic amines) is 1. The van der Waals surface area contributed by atoms with Crippen molar-refractivity contribution in [3.63, 3.8) is 0 Å². The van der Waals surface area contributed by atoms with Crippen molar-refractivity contribution in [1.82, 2.24) is 15.1 Å². The lowest BCUT2D eigenvalue weighted by molar-refractivity contribution is 0.252. The summed E-state index contributed by atoms with van der Waals surface area (Å²) in [6.07, 6.45) is 2.42. The van der Waals surface area contributed by atoms with E-state index >= 15 is 0 Å². The molecule has 1 saturated heterocycles. The number of aromatic nitrogens is 2. The Labute approximate surface area is 98.9 Å². The summed E-state index contributed by atoms with van der Waals surface area (Å²) in [5.74, 6) is 0. The molecule has 1 aromatic rings. The van der Waals surface area contributed by atoms with E-state index in [2.05, 4.69) is 34.1 Å². The molecule has 6 heteroatoms. The van der Waals surface area contributed by atoms with Crippen molar-refractivity contribution in [3.05, 3.63) is 3.95 Å². The zero-order valence-corrected chi connectivity index (χ0v) is 10.7.